The maximum atomic E-state index is 13.7. The van der Waals surface area contributed by atoms with E-state index in [0.29, 0.717) is 19.3 Å². The average molecular weight is 494 g/mol. The smallest absolute Gasteiger partial charge is 0.371 e. The SMILES string of the molecule is FC(F)(F)C(F)(F)C(F)(F)C(F)(F)C(F)(F)C(F)(F)C(F)(F)CO[C@H]1C[C@@H]2CC[C@H]1C2. The van der Waals surface area contributed by atoms with Crippen molar-refractivity contribution in [2.24, 2.45) is 11.8 Å². The van der Waals surface area contributed by atoms with Gasteiger partial charge in [0.25, 0.3) is 0 Å². The Morgan fingerprint density at radius 2 is 1.00 bits per heavy atom. The molecule has 0 aliphatic heterocycles. The molecule has 2 rings (SSSR count). The molecular formula is C15H13F15O. The van der Waals surface area contributed by atoms with Crippen molar-refractivity contribution in [2.75, 3.05) is 6.61 Å². The third kappa shape index (κ3) is 3.63. The minimum atomic E-state index is -8.25. The van der Waals surface area contributed by atoms with Gasteiger partial charge < -0.3 is 4.74 Å². The van der Waals surface area contributed by atoms with Crippen molar-refractivity contribution < 1.29 is 70.6 Å². The summed E-state index contributed by atoms with van der Waals surface area (Å²) in [5.74, 6) is -46.8. The molecule has 0 aromatic rings. The fraction of sp³-hybridized carbons (Fsp3) is 1.00. The lowest BCUT2D eigenvalue weighted by Crippen LogP contribution is -2.73. The van der Waals surface area contributed by atoms with Crippen LogP contribution in [0.1, 0.15) is 25.7 Å². The van der Waals surface area contributed by atoms with Crippen molar-refractivity contribution in [3.8, 4) is 0 Å². The molecule has 16 heteroatoms. The molecule has 1 nitrogen and oxygen atoms in total. The van der Waals surface area contributed by atoms with Crippen LogP contribution in [-0.4, -0.2) is 54.4 Å². The third-order valence-electron chi connectivity index (χ3n) is 5.54. The maximum absolute atomic E-state index is 13.7. The van der Waals surface area contributed by atoms with Gasteiger partial charge in [0, 0.05) is 0 Å². The molecule has 2 saturated carbocycles. The molecular weight excluding hydrogens is 481 g/mol. The highest BCUT2D eigenvalue weighted by atomic mass is 19.4. The van der Waals surface area contributed by atoms with E-state index in [-0.39, 0.29) is 12.3 Å². The third-order valence-corrected chi connectivity index (χ3v) is 5.54. The molecule has 0 heterocycles. The Morgan fingerprint density at radius 3 is 1.39 bits per heavy atom. The summed E-state index contributed by atoms with van der Waals surface area (Å²) in [6.45, 7) is -2.68. The Morgan fingerprint density at radius 1 is 0.548 bits per heavy atom. The highest BCUT2D eigenvalue weighted by Crippen LogP contribution is 2.62. The summed E-state index contributed by atoms with van der Waals surface area (Å²) in [6, 6.07) is 0. The van der Waals surface area contributed by atoms with Gasteiger partial charge >= 0.3 is 41.7 Å². The van der Waals surface area contributed by atoms with Crippen LogP contribution in [0.15, 0.2) is 0 Å². The average Bonchev–Trinajstić information content (AvgIpc) is 3.21. The summed E-state index contributed by atoms with van der Waals surface area (Å²) in [7, 11) is 0. The lowest BCUT2D eigenvalue weighted by atomic mass is 9.91. The van der Waals surface area contributed by atoms with Crippen molar-refractivity contribution in [3.05, 3.63) is 0 Å². The summed E-state index contributed by atoms with van der Waals surface area (Å²) in [5.41, 5.74) is 0. The number of ether oxygens (including phenoxy) is 1. The van der Waals surface area contributed by atoms with Crippen LogP contribution in [0.3, 0.4) is 0 Å². The zero-order valence-electron chi connectivity index (χ0n) is 14.8. The van der Waals surface area contributed by atoms with Gasteiger partial charge in [0.1, 0.15) is 6.61 Å². The predicted molar refractivity (Wildman–Crippen MR) is 70.9 cm³/mol. The molecule has 0 aromatic carbocycles. The minimum absolute atomic E-state index is 0.0433. The Balaban J connectivity index is 2.31. The van der Waals surface area contributed by atoms with Crippen LogP contribution < -0.4 is 0 Å². The number of alkyl halides is 15. The number of hydrogen-bond donors (Lipinski definition) is 0. The first kappa shape index (κ1) is 26.2. The number of halogens is 15. The van der Waals surface area contributed by atoms with Gasteiger partial charge in [-0.1, -0.05) is 0 Å². The van der Waals surface area contributed by atoms with Gasteiger partial charge in [-0.2, -0.15) is 65.9 Å². The Kier molecular flexibility index (Phi) is 6.08. The van der Waals surface area contributed by atoms with E-state index in [9.17, 15) is 65.9 Å². The second-order valence-electron chi connectivity index (χ2n) is 7.60. The lowest BCUT2D eigenvalue weighted by Gasteiger charge is -2.41. The molecule has 2 bridgehead atoms. The molecule has 0 unspecified atom stereocenters. The Bertz CT molecular complexity index is 668. The maximum Gasteiger partial charge on any atom is 0.460 e. The molecule has 31 heavy (non-hydrogen) atoms. The highest BCUT2D eigenvalue weighted by molar-refractivity contribution is 5.13. The quantitative estimate of drug-likeness (QED) is 0.347. The van der Waals surface area contributed by atoms with Crippen molar-refractivity contribution in [1.29, 1.82) is 0 Å². The van der Waals surface area contributed by atoms with Crippen molar-refractivity contribution >= 4 is 0 Å². The van der Waals surface area contributed by atoms with Gasteiger partial charge in [-0.25, -0.2) is 0 Å². The summed E-state index contributed by atoms with van der Waals surface area (Å²) in [5, 5.41) is 0. The molecule has 2 aliphatic rings. The van der Waals surface area contributed by atoms with E-state index >= 15 is 0 Å². The van der Waals surface area contributed by atoms with Crippen molar-refractivity contribution in [1.82, 2.24) is 0 Å². The second-order valence-corrected chi connectivity index (χ2v) is 7.60. The topological polar surface area (TPSA) is 9.23 Å². The zero-order valence-corrected chi connectivity index (χ0v) is 14.8. The summed E-state index contributed by atoms with van der Waals surface area (Å²) < 4.78 is 200. The molecule has 0 spiro atoms. The summed E-state index contributed by atoms with van der Waals surface area (Å²) in [4.78, 5) is 0. The zero-order chi connectivity index (χ0) is 24.5. The fourth-order valence-corrected chi connectivity index (χ4v) is 3.69. The van der Waals surface area contributed by atoms with E-state index in [4.69, 9.17) is 0 Å². The molecule has 0 radical (unpaired) electrons. The first-order chi connectivity index (χ1) is 13.5. The van der Waals surface area contributed by atoms with E-state index in [2.05, 4.69) is 4.74 Å². The van der Waals surface area contributed by atoms with Gasteiger partial charge in [-0.3, -0.25) is 0 Å². The van der Waals surface area contributed by atoms with E-state index in [1.165, 1.54) is 0 Å². The highest BCUT2D eigenvalue weighted by Gasteiger charge is 2.93. The Hall–Kier alpha value is -1.09. The molecule has 184 valence electrons. The van der Waals surface area contributed by atoms with E-state index in [1.807, 2.05) is 0 Å². The second kappa shape index (κ2) is 7.20. The van der Waals surface area contributed by atoms with Crippen LogP contribution in [-0.2, 0) is 4.74 Å². The molecule has 0 aromatic heterocycles. The lowest BCUT2D eigenvalue weighted by molar-refractivity contribution is -0.453. The fourth-order valence-electron chi connectivity index (χ4n) is 3.69. The van der Waals surface area contributed by atoms with Gasteiger partial charge in [0.2, 0.25) is 0 Å². The minimum Gasteiger partial charge on any atom is -0.371 e. The van der Waals surface area contributed by atoms with Crippen LogP contribution >= 0.6 is 0 Å². The van der Waals surface area contributed by atoms with Crippen LogP contribution in [0.2, 0.25) is 0 Å². The molecule has 2 aliphatic carbocycles. The van der Waals surface area contributed by atoms with Crippen molar-refractivity contribution in [2.45, 2.75) is 73.5 Å². The number of rotatable bonds is 8. The summed E-state index contributed by atoms with van der Waals surface area (Å²) >= 11 is 0. The van der Waals surface area contributed by atoms with Crippen LogP contribution in [0.25, 0.3) is 0 Å². The van der Waals surface area contributed by atoms with Gasteiger partial charge in [-0.05, 0) is 37.5 Å². The Labute approximate surface area is 163 Å². The van der Waals surface area contributed by atoms with Gasteiger partial charge in [0.05, 0.1) is 6.10 Å². The molecule has 3 atom stereocenters. The van der Waals surface area contributed by atoms with Crippen LogP contribution in [0.4, 0.5) is 65.9 Å². The number of fused-ring (bicyclic) bond motifs is 2. The van der Waals surface area contributed by atoms with Gasteiger partial charge in [-0.15, -0.1) is 0 Å². The van der Waals surface area contributed by atoms with Crippen LogP contribution in [0, 0.1) is 11.8 Å². The van der Waals surface area contributed by atoms with Crippen molar-refractivity contribution in [3.63, 3.8) is 0 Å². The van der Waals surface area contributed by atoms with Crippen LogP contribution in [0.5, 0.6) is 0 Å². The largest absolute Gasteiger partial charge is 0.460 e. The first-order valence-electron chi connectivity index (χ1n) is 8.50. The molecule has 0 saturated heterocycles. The summed E-state index contributed by atoms with van der Waals surface area (Å²) in [6.07, 6.45) is -7.22. The van der Waals surface area contributed by atoms with E-state index in [0.717, 1.165) is 0 Å². The van der Waals surface area contributed by atoms with E-state index < -0.39 is 60.3 Å². The first-order valence-corrected chi connectivity index (χ1v) is 8.50. The molecule has 0 amide bonds. The normalized spacial score (nSPS) is 26.6. The predicted octanol–water partition coefficient (Wildman–Crippen LogP) is 6.57. The standard InChI is InChI=1S/C15H13F15O/c16-9(17,5-31-8-4-6-1-2-7(8)3-6)10(18,19)11(20,21)12(22,23)13(24,25)14(26,27)15(28,29)30/h6-8H,1-5H2/t6-,7+,8+/m1/s1. The molecule has 0 N–H and O–H groups in total. The number of hydrogen-bond acceptors (Lipinski definition) is 1. The van der Waals surface area contributed by atoms with Gasteiger partial charge in [0.15, 0.2) is 0 Å². The van der Waals surface area contributed by atoms with E-state index in [1.54, 1.807) is 0 Å². The monoisotopic (exact) mass is 494 g/mol. The molecule has 2 fully saturated rings.